The lowest BCUT2D eigenvalue weighted by molar-refractivity contribution is -0.111. The van der Waals surface area contributed by atoms with Crippen LogP contribution < -0.4 is 25.7 Å². The number of carbonyl (C=O) groups is 1. The number of pyridine rings is 2. The molecule has 47 heavy (non-hydrogen) atoms. The zero-order valence-electron chi connectivity index (χ0n) is 26.4. The summed E-state index contributed by atoms with van der Waals surface area (Å²) in [5.41, 5.74) is 0.284. The molecular formula is C34H33F2N7O4. The van der Waals surface area contributed by atoms with Gasteiger partial charge in [-0.2, -0.15) is 4.98 Å². The van der Waals surface area contributed by atoms with Crippen LogP contribution in [-0.2, 0) is 4.79 Å². The molecule has 0 spiro atoms. The number of anilines is 3. The first kappa shape index (κ1) is 32.7. The molecule has 11 nitrogen and oxygen atoms in total. The number of halogens is 2. The molecule has 0 aliphatic carbocycles. The smallest absolute Gasteiger partial charge is 0.260 e. The number of hydrogen-bond donors (Lipinski definition) is 2. The lowest BCUT2D eigenvalue weighted by Gasteiger charge is -2.21. The highest BCUT2D eigenvalue weighted by atomic mass is 19.1. The Morgan fingerprint density at radius 1 is 1.02 bits per heavy atom. The normalized spacial score (nSPS) is 12.0. The fourth-order valence-corrected chi connectivity index (χ4v) is 4.99. The number of ether oxygens (including phenoxy) is 2. The maximum absolute atomic E-state index is 15.7. The molecule has 0 aliphatic rings. The summed E-state index contributed by atoms with van der Waals surface area (Å²) in [6.07, 6.45) is 7.84. The van der Waals surface area contributed by atoms with E-state index in [0.717, 1.165) is 6.07 Å². The summed E-state index contributed by atoms with van der Waals surface area (Å²) < 4.78 is 43.0. The highest BCUT2D eigenvalue weighted by Crippen LogP contribution is 2.37. The molecule has 0 aliphatic heterocycles. The van der Waals surface area contributed by atoms with Crippen LogP contribution in [0.3, 0.4) is 0 Å². The van der Waals surface area contributed by atoms with E-state index in [1.165, 1.54) is 37.1 Å². The average Bonchev–Trinajstić information content (AvgIpc) is 3.05. The minimum absolute atomic E-state index is 0.171. The number of hydrogen-bond acceptors (Lipinski definition) is 9. The molecule has 5 rings (SSSR count). The number of benzene rings is 2. The third-order valence-corrected chi connectivity index (χ3v) is 7.30. The third-order valence-electron chi connectivity index (χ3n) is 7.30. The van der Waals surface area contributed by atoms with Gasteiger partial charge in [0.1, 0.15) is 5.65 Å². The summed E-state index contributed by atoms with van der Waals surface area (Å²) >= 11 is 0. The zero-order valence-corrected chi connectivity index (χ0v) is 26.4. The molecule has 0 saturated carbocycles. The maximum atomic E-state index is 15.7. The predicted octanol–water partition coefficient (Wildman–Crippen LogP) is 5.56. The number of nitrogens with one attached hydrogen (secondary N) is 2. The molecule has 1 amide bonds. The van der Waals surface area contributed by atoms with Crippen molar-refractivity contribution in [2.75, 3.05) is 45.5 Å². The molecule has 13 heteroatoms. The number of fused-ring (bicyclic) bond motifs is 1. The Kier molecular flexibility index (Phi) is 9.85. The second kappa shape index (κ2) is 14.2. The van der Waals surface area contributed by atoms with Gasteiger partial charge in [-0.1, -0.05) is 18.2 Å². The van der Waals surface area contributed by atoms with Gasteiger partial charge in [0, 0.05) is 42.2 Å². The van der Waals surface area contributed by atoms with Gasteiger partial charge in [0.05, 0.1) is 43.3 Å². The van der Waals surface area contributed by atoms with E-state index in [2.05, 4.69) is 25.6 Å². The van der Waals surface area contributed by atoms with E-state index in [0.29, 0.717) is 28.9 Å². The van der Waals surface area contributed by atoms with Gasteiger partial charge in [-0.15, -0.1) is 0 Å². The first-order chi connectivity index (χ1) is 22.6. The van der Waals surface area contributed by atoms with Crippen molar-refractivity contribution in [3.8, 4) is 22.6 Å². The Labute approximate surface area is 269 Å². The first-order valence-corrected chi connectivity index (χ1v) is 14.5. The van der Waals surface area contributed by atoms with Crippen LogP contribution in [0.4, 0.5) is 26.1 Å². The maximum Gasteiger partial charge on any atom is 0.260 e. The van der Waals surface area contributed by atoms with Crippen LogP contribution in [0.25, 0.3) is 22.2 Å². The first-order valence-electron chi connectivity index (χ1n) is 14.5. The van der Waals surface area contributed by atoms with Crippen LogP contribution in [0.15, 0.2) is 84.1 Å². The van der Waals surface area contributed by atoms with Crippen LogP contribution in [-0.4, -0.2) is 65.2 Å². The summed E-state index contributed by atoms with van der Waals surface area (Å²) in [6, 6.07) is 12.1. The molecule has 1 unspecified atom stereocenters. The molecule has 0 fully saturated rings. The fourth-order valence-electron chi connectivity index (χ4n) is 4.99. The average molecular weight is 642 g/mol. The molecule has 0 radical (unpaired) electrons. The summed E-state index contributed by atoms with van der Waals surface area (Å²) in [4.78, 5) is 41.9. The van der Waals surface area contributed by atoms with Gasteiger partial charge < -0.3 is 25.0 Å². The largest absolute Gasteiger partial charge is 0.494 e. The second-order valence-electron chi connectivity index (χ2n) is 10.8. The van der Waals surface area contributed by atoms with E-state index in [-0.39, 0.29) is 34.6 Å². The van der Waals surface area contributed by atoms with Crippen LogP contribution in [0.5, 0.6) is 11.5 Å². The number of carbonyl (C=O) groups excluding carboxylic acids is 1. The predicted molar refractivity (Wildman–Crippen MR) is 176 cm³/mol. The Bertz CT molecular complexity index is 1990. The molecule has 2 N–H and O–H groups in total. The lowest BCUT2D eigenvalue weighted by Crippen LogP contribution is -2.27. The monoisotopic (exact) mass is 641 g/mol. The molecule has 242 valence electrons. The molecule has 3 aromatic heterocycles. The zero-order chi connectivity index (χ0) is 33.7. The molecule has 5 aromatic rings. The summed E-state index contributed by atoms with van der Waals surface area (Å²) in [5.74, 6) is -2.88. The molecule has 2 aromatic carbocycles. The van der Waals surface area contributed by atoms with Crippen molar-refractivity contribution >= 4 is 34.3 Å². The van der Waals surface area contributed by atoms with Crippen molar-refractivity contribution in [2.24, 2.45) is 0 Å². The van der Waals surface area contributed by atoms with Crippen molar-refractivity contribution < 1.29 is 23.0 Å². The summed E-state index contributed by atoms with van der Waals surface area (Å²) in [7, 11) is 6.25. The second-order valence-corrected chi connectivity index (χ2v) is 10.8. The number of nitrogens with zero attached hydrogens (tertiary/aromatic N) is 5. The van der Waals surface area contributed by atoms with E-state index in [1.807, 2.05) is 19.0 Å². The van der Waals surface area contributed by atoms with E-state index >= 15 is 8.78 Å². The van der Waals surface area contributed by atoms with Crippen molar-refractivity contribution in [1.29, 1.82) is 0 Å². The van der Waals surface area contributed by atoms with Gasteiger partial charge >= 0.3 is 0 Å². The Morgan fingerprint density at radius 2 is 1.74 bits per heavy atom. The third kappa shape index (κ3) is 7.10. The van der Waals surface area contributed by atoms with Crippen molar-refractivity contribution in [3.05, 3.63) is 107 Å². The standard InChI is InChI=1S/C34H33F2N7O4/c1-20(21-9-6-10-23(15-21)39-28(44)12-8-14-42(2)3)43-32-22(18-38-34(41-32)40-24-11-7-13-37-19-24)16-25(33(43)45)29-30(35)26(46-4)17-27(47-5)31(29)36/h6-13,15-20H,14H2,1-5H3,(H,39,44)(H,38,40,41)/b12-8+. The van der Waals surface area contributed by atoms with Crippen molar-refractivity contribution in [2.45, 2.75) is 13.0 Å². The highest BCUT2D eigenvalue weighted by molar-refractivity contribution is 5.99. The quantitative estimate of drug-likeness (QED) is 0.179. The van der Waals surface area contributed by atoms with Gasteiger partial charge in [0.2, 0.25) is 11.9 Å². The molecule has 3 heterocycles. The van der Waals surface area contributed by atoms with Crippen molar-refractivity contribution in [3.63, 3.8) is 0 Å². The van der Waals surface area contributed by atoms with Gasteiger partial charge in [0.25, 0.3) is 5.56 Å². The Hall–Kier alpha value is -5.69. The van der Waals surface area contributed by atoms with E-state index in [9.17, 15) is 9.59 Å². The fraction of sp³-hybridized carbons (Fsp3) is 0.206. The minimum Gasteiger partial charge on any atom is -0.494 e. The number of likely N-dealkylation sites (N-methyl/N-ethyl adjacent to an activating group) is 1. The van der Waals surface area contributed by atoms with Crippen molar-refractivity contribution in [1.82, 2.24) is 24.4 Å². The number of amides is 1. The topological polar surface area (TPSA) is 124 Å². The van der Waals surface area contributed by atoms with Crippen LogP contribution in [0, 0.1) is 11.6 Å². The van der Waals surface area contributed by atoms with Gasteiger partial charge in [-0.25, -0.2) is 13.8 Å². The Balaban J connectivity index is 1.68. The van der Waals surface area contributed by atoms with Crippen LogP contribution in [0.2, 0.25) is 0 Å². The minimum atomic E-state index is -1.07. The van der Waals surface area contributed by atoms with E-state index in [4.69, 9.17) is 9.47 Å². The molecular weight excluding hydrogens is 608 g/mol. The van der Waals surface area contributed by atoms with Gasteiger partial charge in [0.15, 0.2) is 23.1 Å². The summed E-state index contributed by atoms with van der Waals surface area (Å²) in [5, 5.41) is 6.22. The van der Waals surface area contributed by atoms with E-state index < -0.39 is 28.8 Å². The van der Waals surface area contributed by atoms with Gasteiger partial charge in [-0.3, -0.25) is 19.1 Å². The SMILES string of the molecule is COc1cc(OC)c(F)c(-c2cc3cnc(Nc4cccnc4)nc3n(C(C)c3cccc(NC(=O)/C=C/CN(C)C)c3)c2=O)c1F. The molecule has 1 atom stereocenters. The number of aromatic nitrogens is 4. The van der Waals surface area contributed by atoms with Crippen LogP contribution in [0.1, 0.15) is 18.5 Å². The lowest BCUT2D eigenvalue weighted by atomic mass is 10.0. The van der Waals surface area contributed by atoms with Gasteiger partial charge in [-0.05, 0) is 56.9 Å². The Morgan fingerprint density at radius 3 is 2.40 bits per heavy atom. The highest BCUT2D eigenvalue weighted by Gasteiger charge is 2.27. The van der Waals surface area contributed by atoms with E-state index in [1.54, 1.807) is 61.8 Å². The van der Waals surface area contributed by atoms with Crippen LogP contribution >= 0.6 is 0 Å². The molecule has 0 bridgehead atoms. The molecule has 0 saturated heterocycles. The number of rotatable bonds is 11. The summed E-state index contributed by atoms with van der Waals surface area (Å²) in [6.45, 7) is 2.34. The number of methoxy groups -OCH3 is 2.